The Balaban J connectivity index is 1.23. The van der Waals surface area contributed by atoms with E-state index in [-0.39, 0.29) is 64.4 Å². The summed E-state index contributed by atoms with van der Waals surface area (Å²) in [5, 5.41) is 22.4. The highest BCUT2D eigenvalue weighted by Gasteiger charge is 2.64. The summed E-state index contributed by atoms with van der Waals surface area (Å²) in [5.41, 5.74) is 0.161. The maximum atomic E-state index is 12.7. The van der Waals surface area contributed by atoms with Gasteiger partial charge in [-0.05, 0) is 111 Å². The smallest absolute Gasteiger partial charge is 0.421 e. The van der Waals surface area contributed by atoms with Crippen molar-refractivity contribution < 1.29 is 32.9 Å². The molecule has 0 aliphatic heterocycles. The molecule has 5 rings (SSSR count). The lowest BCUT2D eigenvalue weighted by molar-refractivity contribution is -0.203. The number of aliphatic hydroxyl groups excluding tert-OH is 2. The second kappa shape index (κ2) is 12.1. The van der Waals surface area contributed by atoms with Crippen molar-refractivity contribution in [3.05, 3.63) is 12.4 Å². The van der Waals surface area contributed by atoms with Gasteiger partial charge in [0.2, 0.25) is 0 Å². The van der Waals surface area contributed by atoms with Gasteiger partial charge in [-0.25, -0.2) is 27.9 Å². The van der Waals surface area contributed by atoms with Crippen molar-refractivity contribution in [2.24, 2.45) is 52.3 Å². The Hall–Kier alpha value is -1.98. The van der Waals surface area contributed by atoms with Crippen molar-refractivity contribution in [2.75, 3.05) is 6.61 Å². The number of ether oxygens (including phenoxy) is 2. The maximum absolute atomic E-state index is 12.7. The Kier molecular flexibility index (Phi) is 9.11. The number of carbonyl (C=O) groups excluding carboxylic acids is 1. The molecule has 0 spiro atoms. The predicted octanol–water partition coefficient (Wildman–Crippen LogP) is 4.94. The van der Waals surface area contributed by atoms with Crippen LogP contribution in [0.2, 0.25) is 0 Å². The third-order valence-electron chi connectivity index (χ3n) is 12.1. The zero-order chi connectivity index (χ0) is 31.3. The Morgan fingerprint density at radius 1 is 1.02 bits per heavy atom. The molecule has 1 aromatic heterocycles. The maximum Gasteiger partial charge on any atom is 0.421 e. The monoisotopic (exact) mass is 621 g/mol. The molecule has 0 bridgehead atoms. The summed E-state index contributed by atoms with van der Waals surface area (Å²) in [6, 6.07) is 0.0557. The first-order valence-corrected chi connectivity index (χ1v) is 17.7. The minimum Gasteiger partial charge on any atom is -0.461 e. The van der Waals surface area contributed by atoms with Crippen molar-refractivity contribution in [3.63, 3.8) is 0 Å². The van der Waals surface area contributed by atoms with Gasteiger partial charge >= 0.3 is 12.1 Å². The van der Waals surface area contributed by atoms with Gasteiger partial charge in [-0.1, -0.05) is 34.1 Å². The molecule has 10 nitrogen and oxygen atoms in total. The average Bonchev–Trinajstić information content (AvgIpc) is 3.30. The number of amides is 1. The third kappa shape index (κ3) is 5.90. The van der Waals surface area contributed by atoms with Gasteiger partial charge < -0.3 is 19.7 Å². The summed E-state index contributed by atoms with van der Waals surface area (Å²) < 4.78 is 38.2. The highest BCUT2D eigenvalue weighted by atomic mass is 32.2. The van der Waals surface area contributed by atoms with E-state index in [0.717, 1.165) is 63.8 Å². The molecule has 1 amide bonds. The number of hydrogen-bond acceptors (Lipinski definition) is 9. The number of sulfonamides is 1. The molecule has 0 saturated heterocycles. The fourth-order valence-corrected chi connectivity index (χ4v) is 10.9. The van der Waals surface area contributed by atoms with Crippen LogP contribution in [0.15, 0.2) is 17.3 Å². The third-order valence-corrected chi connectivity index (χ3v) is 13.4. The molecule has 1 heterocycles. The quantitative estimate of drug-likeness (QED) is 0.367. The van der Waals surface area contributed by atoms with E-state index in [1.54, 1.807) is 0 Å². The molecule has 0 unspecified atom stereocenters. The first kappa shape index (κ1) is 32.4. The van der Waals surface area contributed by atoms with Crippen LogP contribution in [0.3, 0.4) is 0 Å². The molecule has 0 radical (unpaired) electrons. The molecule has 43 heavy (non-hydrogen) atoms. The number of nitrogens with one attached hydrogen (secondary N) is 1. The predicted molar refractivity (Wildman–Crippen MR) is 160 cm³/mol. The summed E-state index contributed by atoms with van der Waals surface area (Å²) in [7, 11) is -4.20. The van der Waals surface area contributed by atoms with E-state index in [4.69, 9.17) is 9.47 Å². The van der Waals surface area contributed by atoms with E-state index in [1.807, 2.05) is 18.6 Å². The van der Waals surface area contributed by atoms with Crippen LogP contribution in [-0.4, -0.2) is 59.6 Å². The summed E-state index contributed by atoms with van der Waals surface area (Å²) in [6.45, 7) is 12.8. The second-order valence-electron chi connectivity index (χ2n) is 14.7. The van der Waals surface area contributed by atoms with E-state index >= 15 is 0 Å². The van der Waals surface area contributed by atoms with Crippen LogP contribution in [-0.2, 0) is 14.8 Å². The number of fused-ring (bicyclic) bond motifs is 5. The van der Waals surface area contributed by atoms with Gasteiger partial charge in [0.05, 0.1) is 37.3 Å². The molecule has 4 aliphatic carbocycles. The molecule has 1 aromatic rings. The van der Waals surface area contributed by atoms with Crippen molar-refractivity contribution in [2.45, 2.75) is 116 Å². The Morgan fingerprint density at radius 2 is 1.67 bits per heavy atom. The van der Waals surface area contributed by atoms with Crippen molar-refractivity contribution in [3.8, 4) is 6.01 Å². The number of rotatable bonds is 8. The normalized spacial score (nSPS) is 39.7. The van der Waals surface area contributed by atoms with Crippen LogP contribution < -0.4 is 9.46 Å². The van der Waals surface area contributed by atoms with E-state index in [1.165, 1.54) is 0 Å². The van der Waals surface area contributed by atoms with Crippen LogP contribution in [0.5, 0.6) is 6.01 Å². The lowest BCUT2D eigenvalue weighted by atomic mass is 9.41. The highest BCUT2D eigenvalue weighted by Crippen LogP contribution is 2.69. The summed E-state index contributed by atoms with van der Waals surface area (Å²) in [4.78, 5) is 20.1. The van der Waals surface area contributed by atoms with Gasteiger partial charge in [-0.2, -0.15) is 0 Å². The minimum absolute atomic E-state index is 0.0142. The van der Waals surface area contributed by atoms with Crippen LogP contribution in [0.25, 0.3) is 0 Å². The molecule has 4 aliphatic rings. The van der Waals surface area contributed by atoms with Gasteiger partial charge in [-0.15, -0.1) is 0 Å². The van der Waals surface area contributed by atoms with E-state index in [2.05, 4.69) is 37.7 Å². The summed E-state index contributed by atoms with van der Waals surface area (Å²) in [6.07, 6.45) is 8.18. The number of nitrogens with zero attached hydrogens (tertiary/aromatic N) is 2. The lowest BCUT2D eigenvalue weighted by Crippen LogP contribution is -2.62. The fourth-order valence-electron chi connectivity index (χ4n) is 10.2. The molecule has 242 valence electrons. The van der Waals surface area contributed by atoms with Gasteiger partial charge in [-0.3, -0.25) is 0 Å². The Bertz CT molecular complexity index is 1260. The molecular formula is C32H51N3O7S. The van der Waals surface area contributed by atoms with E-state index in [9.17, 15) is 23.4 Å². The van der Waals surface area contributed by atoms with Gasteiger partial charge in [0, 0.05) is 0 Å². The van der Waals surface area contributed by atoms with E-state index in [0.29, 0.717) is 23.7 Å². The van der Waals surface area contributed by atoms with Crippen LogP contribution in [0, 0.1) is 52.3 Å². The largest absolute Gasteiger partial charge is 0.461 e. The van der Waals surface area contributed by atoms with Crippen LogP contribution in [0.4, 0.5) is 4.79 Å². The Labute approximate surface area is 256 Å². The van der Waals surface area contributed by atoms with Crippen LogP contribution in [0.1, 0.15) is 92.9 Å². The average molecular weight is 622 g/mol. The van der Waals surface area contributed by atoms with Gasteiger partial charge in [0.15, 0.2) is 0 Å². The SMILES string of the molecule is CC[C@H]1[C@@H](O)[C@@H]2[C@H](CC[C@]3(C)[C@@H]([C@H](C)COC(=O)NS(=O)(=O)c4cnc(OC(C)C)nc4)CC[C@@H]23)[C@@]2(C)CC[C@H](O)C[C@@H]12. The molecule has 11 atom stereocenters. The minimum atomic E-state index is -4.20. The molecular weight excluding hydrogens is 570 g/mol. The molecule has 4 fully saturated rings. The second-order valence-corrected chi connectivity index (χ2v) is 16.4. The fraction of sp³-hybridized carbons (Fsp3) is 0.844. The number of carbonyl (C=O) groups is 1. The van der Waals surface area contributed by atoms with Gasteiger partial charge in [0.25, 0.3) is 10.0 Å². The summed E-state index contributed by atoms with van der Waals surface area (Å²) >= 11 is 0. The van der Waals surface area contributed by atoms with Crippen molar-refractivity contribution in [1.82, 2.24) is 14.7 Å². The number of aromatic nitrogens is 2. The zero-order valence-corrected chi connectivity index (χ0v) is 27.3. The number of hydrogen-bond donors (Lipinski definition) is 3. The zero-order valence-electron chi connectivity index (χ0n) is 26.5. The molecule has 0 aromatic carbocycles. The standard InChI is InChI=1S/C32H51N3O7S/c1-7-22-26-14-20(36)10-12-32(26,6)25-11-13-31(5)23(8-9-24(31)27(25)28(22)37)19(4)17-41-30(38)35-43(39,40)21-15-33-29(34-16-21)42-18(2)3/h15-16,18-20,22-28,36-37H,7-14,17H2,1-6H3,(H,35,38)/t19-,20+,22-,23-,24+,25+,26+,27+,28-,31-,32-/m1/s1. The molecule has 4 saturated carbocycles. The summed E-state index contributed by atoms with van der Waals surface area (Å²) in [5.74, 6) is 1.99. The molecule has 11 heteroatoms. The van der Waals surface area contributed by atoms with Crippen molar-refractivity contribution >= 4 is 16.1 Å². The first-order valence-electron chi connectivity index (χ1n) is 16.3. The Morgan fingerprint density at radius 3 is 2.33 bits per heavy atom. The highest BCUT2D eigenvalue weighted by molar-refractivity contribution is 7.90. The molecule has 3 N–H and O–H groups in total. The first-order chi connectivity index (χ1) is 20.2. The van der Waals surface area contributed by atoms with Gasteiger partial charge in [0.1, 0.15) is 4.90 Å². The lowest BCUT2D eigenvalue weighted by Gasteiger charge is -2.64. The van der Waals surface area contributed by atoms with Crippen LogP contribution >= 0.6 is 0 Å². The number of aliphatic hydroxyl groups is 2. The topological polar surface area (TPSA) is 148 Å². The van der Waals surface area contributed by atoms with Crippen molar-refractivity contribution in [1.29, 1.82) is 0 Å². The van der Waals surface area contributed by atoms with E-state index < -0.39 is 16.1 Å².